The van der Waals surface area contributed by atoms with E-state index >= 15 is 0 Å². The molecule has 0 radical (unpaired) electrons. The van der Waals surface area contributed by atoms with Crippen molar-refractivity contribution in [2.45, 2.75) is 42.7 Å². The first-order valence-electron chi connectivity index (χ1n) is 12.1. The van der Waals surface area contributed by atoms with E-state index in [2.05, 4.69) is 45.6 Å². The Morgan fingerprint density at radius 1 is 1.26 bits per heavy atom. The molecule has 2 aromatic heterocycles. The number of thiophene rings is 1. The SMILES string of the molecule is COc1cnc2cccc(CCCC3CCN(CCSc4cccs4)CC3CCC(=O)O)c2c1. The van der Waals surface area contributed by atoms with E-state index in [-0.39, 0.29) is 6.42 Å². The molecule has 1 N–H and O–H groups in total. The summed E-state index contributed by atoms with van der Waals surface area (Å²) in [6.07, 6.45) is 7.26. The lowest BCUT2D eigenvalue weighted by atomic mass is 9.79. The van der Waals surface area contributed by atoms with Crippen LogP contribution >= 0.6 is 23.1 Å². The van der Waals surface area contributed by atoms with Crippen molar-refractivity contribution in [1.29, 1.82) is 0 Å². The molecule has 182 valence electrons. The van der Waals surface area contributed by atoms with Crippen molar-refractivity contribution in [3.63, 3.8) is 0 Å². The fourth-order valence-corrected chi connectivity index (χ4v) is 6.93. The third-order valence-corrected chi connectivity index (χ3v) is 9.01. The third-order valence-electron chi connectivity index (χ3n) is 6.90. The molecule has 1 saturated heterocycles. The van der Waals surface area contributed by atoms with Gasteiger partial charge in [-0.1, -0.05) is 18.2 Å². The van der Waals surface area contributed by atoms with E-state index in [1.54, 1.807) is 24.6 Å². The second-order valence-electron chi connectivity index (χ2n) is 9.07. The van der Waals surface area contributed by atoms with Gasteiger partial charge in [-0.3, -0.25) is 9.78 Å². The molecule has 1 aliphatic heterocycles. The zero-order valence-corrected chi connectivity index (χ0v) is 21.5. The fourth-order valence-electron chi connectivity index (χ4n) is 5.07. The van der Waals surface area contributed by atoms with Gasteiger partial charge in [0.25, 0.3) is 0 Å². The highest BCUT2D eigenvalue weighted by atomic mass is 32.2. The molecule has 2 atom stereocenters. The average molecular weight is 499 g/mol. The van der Waals surface area contributed by atoms with Crippen molar-refractivity contribution in [2.24, 2.45) is 11.8 Å². The standard InChI is InChI=1S/C27H34N2O3S2/c1-32-23-17-24-21(7-3-8-25(24)28-18-23)6-2-5-20-12-13-29(19-22(20)10-11-26(30)31)14-16-34-27-9-4-15-33-27/h3-4,7-9,15,17-18,20,22H,2,5-6,10-14,16,19H2,1H3,(H,30,31). The Morgan fingerprint density at radius 2 is 2.18 bits per heavy atom. The Bertz CT molecular complexity index is 1060. The molecule has 1 aromatic carbocycles. The number of carbonyl (C=O) groups is 1. The number of hydrogen-bond donors (Lipinski definition) is 1. The van der Waals surface area contributed by atoms with Crippen LogP contribution in [-0.2, 0) is 11.2 Å². The van der Waals surface area contributed by atoms with Gasteiger partial charge in [0, 0.05) is 30.6 Å². The average Bonchev–Trinajstić information content (AvgIpc) is 3.37. The summed E-state index contributed by atoms with van der Waals surface area (Å²) in [6.45, 7) is 3.22. The highest BCUT2D eigenvalue weighted by molar-refractivity contribution is 8.01. The number of nitrogens with zero attached hydrogens (tertiary/aromatic N) is 2. The number of methoxy groups -OCH3 is 1. The van der Waals surface area contributed by atoms with Crippen LogP contribution in [-0.4, -0.2) is 53.5 Å². The molecule has 7 heteroatoms. The van der Waals surface area contributed by atoms with Gasteiger partial charge in [0.05, 0.1) is 23.0 Å². The molecule has 2 unspecified atom stereocenters. The van der Waals surface area contributed by atoms with E-state index in [4.69, 9.17) is 4.74 Å². The lowest BCUT2D eigenvalue weighted by Gasteiger charge is -2.39. The smallest absolute Gasteiger partial charge is 0.303 e. The Morgan fingerprint density at radius 3 is 2.97 bits per heavy atom. The third kappa shape index (κ3) is 6.96. The second-order valence-corrected chi connectivity index (χ2v) is 11.4. The molecule has 34 heavy (non-hydrogen) atoms. The zero-order valence-electron chi connectivity index (χ0n) is 19.8. The number of rotatable bonds is 12. The summed E-state index contributed by atoms with van der Waals surface area (Å²) in [5.41, 5.74) is 2.32. The summed E-state index contributed by atoms with van der Waals surface area (Å²) in [4.78, 5) is 18.4. The highest BCUT2D eigenvalue weighted by Crippen LogP contribution is 2.33. The molecule has 3 heterocycles. The van der Waals surface area contributed by atoms with Gasteiger partial charge in [0.1, 0.15) is 5.75 Å². The number of carboxylic acid groups (broad SMARTS) is 1. The van der Waals surface area contributed by atoms with Crippen LogP contribution in [0.1, 0.15) is 37.7 Å². The van der Waals surface area contributed by atoms with E-state index < -0.39 is 5.97 Å². The van der Waals surface area contributed by atoms with Crippen molar-refractivity contribution < 1.29 is 14.6 Å². The predicted octanol–water partition coefficient (Wildman–Crippen LogP) is 6.22. The number of ether oxygens (including phenoxy) is 1. The van der Waals surface area contributed by atoms with Gasteiger partial charge >= 0.3 is 5.97 Å². The fraction of sp³-hybridized carbons (Fsp3) is 0.481. The molecule has 5 nitrogen and oxygen atoms in total. The van der Waals surface area contributed by atoms with Crippen molar-refractivity contribution in [3.8, 4) is 5.75 Å². The number of hydrogen-bond acceptors (Lipinski definition) is 6. The van der Waals surface area contributed by atoms with Crippen LogP contribution in [0, 0.1) is 11.8 Å². The second kappa shape index (κ2) is 12.6. The van der Waals surface area contributed by atoms with Gasteiger partial charge in [-0.15, -0.1) is 23.1 Å². The Labute approximate surface area is 210 Å². The molecule has 0 amide bonds. The zero-order chi connectivity index (χ0) is 23.8. The number of pyridine rings is 1. The minimum atomic E-state index is -0.679. The molecule has 1 fully saturated rings. The van der Waals surface area contributed by atoms with Gasteiger partial charge in [-0.25, -0.2) is 0 Å². The van der Waals surface area contributed by atoms with Crippen LogP contribution in [0.4, 0.5) is 0 Å². The number of aromatic nitrogens is 1. The van der Waals surface area contributed by atoms with Crippen LogP contribution in [0.25, 0.3) is 10.9 Å². The summed E-state index contributed by atoms with van der Waals surface area (Å²) < 4.78 is 6.75. The molecule has 4 rings (SSSR count). The first-order chi connectivity index (χ1) is 16.6. The number of fused-ring (bicyclic) bond motifs is 1. The lowest BCUT2D eigenvalue weighted by molar-refractivity contribution is -0.137. The van der Waals surface area contributed by atoms with Gasteiger partial charge in [-0.2, -0.15) is 0 Å². The Hall–Kier alpha value is -2.09. The van der Waals surface area contributed by atoms with Gasteiger partial charge in [0.2, 0.25) is 0 Å². The first kappa shape index (κ1) is 25.0. The molecule has 0 saturated carbocycles. The van der Waals surface area contributed by atoms with Crippen LogP contribution in [0.5, 0.6) is 5.75 Å². The summed E-state index contributed by atoms with van der Waals surface area (Å²) in [7, 11) is 1.68. The number of aryl methyl sites for hydroxylation is 1. The lowest BCUT2D eigenvalue weighted by Crippen LogP contribution is -2.41. The quantitative estimate of drug-likeness (QED) is 0.299. The molecule has 0 aliphatic carbocycles. The first-order valence-corrected chi connectivity index (χ1v) is 14.0. The van der Waals surface area contributed by atoms with Crippen molar-refractivity contribution in [3.05, 3.63) is 53.5 Å². The molecule has 0 bridgehead atoms. The van der Waals surface area contributed by atoms with E-state index in [1.165, 1.54) is 21.6 Å². The van der Waals surface area contributed by atoms with Crippen molar-refractivity contribution in [1.82, 2.24) is 9.88 Å². The predicted molar refractivity (Wildman–Crippen MR) is 141 cm³/mol. The van der Waals surface area contributed by atoms with E-state index in [9.17, 15) is 9.90 Å². The maximum Gasteiger partial charge on any atom is 0.303 e. The minimum Gasteiger partial charge on any atom is -0.495 e. The number of piperidine rings is 1. The Kier molecular flexibility index (Phi) is 9.25. The topological polar surface area (TPSA) is 62.7 Å². The highest BCUT2D eigenvalue weighted by Gasteiger charge is 2.29. The number of benzene rings is 1. The monoisotopic (exact) mass is 498 g/mol. The summed E-state index contributed by atoms with van der Waals surface area (Å²) in [5, 5.41) is 12.6. The number of thioether (sulfide) groups is 1. The van der Waals surface area contributed by atoms with Crippen LogP contribution in [0.3, 0.4) is 0 Å². The minimum absolute atomic E-state index is 0.272. The molecule has 3 aromatic rings. The molecular formula is C27H34N2O3S2. The maximum atomic E-state index is 11.3. The summed E-state index contributed by atoms with van der Waals surface area (Å²) in [6, 6.07) is 12.7. The summed E-state index contributed by atoms with van der Waals surface area (Å²) in [5.74, 6) is 2.27. The van der Waals surface area contributed by atoms with Crippen LogP contribution < -0.4 is 4.74 Å². The van der Waals surface area contributed by atoms with Crippen LogP contribution in [0.15, 0.2) is 52.2 Å². The van der Waals surface area contributed by atoms with Gasteiger partial charge in [0.15, 0.2) is 0 Å². The van der Waals surface area contributed by atoms with Gasteiger partial charge < -0.3 is 14.7 Å². The molecule has 1 aliphatic rings. The molecular weight excluding hydrogens is 464 g/mol. The van der Waals surface area contributed by atoms with E-state index in [0.717, 1.165) is 62.3 Å². The normalized spacial score (nSPS) is 18.9. The summed E-state index contributed by atoms with van der Waals surface area (Å²) >= 11 is 3.72. The van der Waals surface area contributed by atoms with Crippen molar-refractivity contribution in [2.75, 3.05) is 32.5 Å². The maximum absolute atomic E-state index is 11.3. The number of aliphatic carboxylic acids is 1. The number of likely N-dealkylation sites (tertiary alicyclic amines) is 1. The largest absolute Gasteiger partial charge is 0.495 e. The van der Waals surface area contributed by atoms with E-state index in [1.807, 2.05) is 17.8 Å². The van der Waals surface area contributed by atoms with Crippen molar-refractivity contribution >= 4 is 40.0 Å². The van der Waals surface area contributed by atoms with Crippen LogP contribution in [0.2, 0.25) is 0 Å². The van der Waals surface area contributed by atoms with E-state index in [0.29, 0.717) is 11.8 Å². The number of carboxylic acids is 1. The Balaban J connectivity index is 1.32. The van der Waals surface area contributed by atoms with Gasteiger partial charge in [-0.05, 0) is 79.6 Å². The molecule has 0 spiro atoms.